The second-order valence-corrected chi connectivity index (χ2v) is 4.91. The zero-order valence-corrected chi connectivity index (χ0v) is 10.5. The predicted octanol–water partition coefficient (Wildman–Crippen LogP) is 0.901. The van der Waals surface area contributed by atoms with Gasteiger partial charge < -0.3 is 15.8 Å². The van der Waals surface area contributed by atoms with Crippen molar-refractivity contribution in [2.75, 3.05) is 13.2 Å². The van der Waals surface area contributed by atoms with Crippen molar-refractivity contribution in [2.24, 2.45) is 17.6 Å². The largest absolute Gasteiger partial charge is 0.378 e. The van der Waals surface area contributed by atoms with Gasteiger partial charge in [-0.05, 0) is 25.7 Å². The molecule has 1 aliphatic carbocycles. The van der Waals surface area contributed by atoms with Crippen LogP contribution in [0.3, 0.4) is 0 Å². The Labute approximate surface area is 97.9 Å². The molecule has 1 amide bonds. The first-order valence-electron chi connectivity index (χ1n) is 6.20. The fourth-order valence-electron chi connectivity index (χ4n) is 1.94. The third kappa shape index (κ3) is 4.10. The highest BCUT2D eigenvalue weighted by Gasteiger charge is 2.44. The Hall–Kier alpha value is -0.610. The Kier molecular flexibility index (Phi) is 5.22. The van der Waals surface area contributed by atoms with Crippen molar-refractivity contribution in [3.8, 4) is 0 Å². The first kappa shape index (κ1) is 13.5. The van der Waals surface area contributed by atoms with Gasteiger partial charge in [-0.1, -0.05) is 13.8 Å². The van der Waals surface area contributed by atoms with Gasteiger partial charge in [0.05, 0.1) is 12.0 Å². The molecule has 0 aliphatic heterocycles. The molecule has 0 radical (unpaired) electrons. The molecule has 0 heterocycles. The fourth-order valence-corrected chi connectivity index (χ4v) is 1.94. The first-order chi connectivity index (χ1) is 7.58. The molecule has 0 aromatic rings. The quantitative estimate of drug-likeness (QED) is 0.680. The number of ether oxygens (including phenoxy) is 1. The summed E-state index contributed by atoms with van der Waals surface area (Å²) < 4.78 is 5.39. The molecule has 0 saturated heterocycles. The van der Waals surface area contributed by atoms with Crippen molar-refractivity contribution in [1.29, 1.82) is 0 Å². The molecule has 1 saturated carbocycles. The molecule has 3 atom stereocenters. The number of amides is 1. The lowest BCUT2D eigenvalue weighted by Crippen LogP contribution is -2.42. The fraction of sp³-hybridized carbons (Fsp3) is 0.917. The van der Waals surface area contributed by atoms with Crippen molar-refractivity contribution < 1.29 is 9.53 Å². The van der Waals surface area contributed by atoms with E-state index in [0.29, 0.717) is 19.1 Å². The summed E-state index contributed by atoms with van der Waals surface area (Å²) in [5, 5.41) is 3.00. The van der Waals surface area contributed by atoms with E-state index < -0.39 is 0 Å². The number of rotatable bonds is 7. The maximum absolute atomic E-state index is 11.8. The Bertz CT molecular complexity index is 231. The zero-order valence-electron chi connectivity index (χ0n) is 10.5. The second-order valence-electron chi connectivity index (χ2n) is 4.91. The van der Waals surface area contributed by atoms with E-state index in [-0.39, 0.29) is 24.0 Å². The second kappa shape index (κ2) is 6.21. The third-order valence-electron chi connectivity index (χ3n) is 2.84. The van der Waals surface area contributed by atoms with Gasteiger partial charge in [-0.15, -0.1) is 0 Å². The van der Waals surface area contributed by atoms with E-state index in [1.807, 2.05) is 6.92 Å². The molecule has 0 aromatic heterocycles. The number of hydrogen-bond donors (Lipinski definition) is 2. The molecule has 16 heavy (non-hydrogen) atoms. The third-order valence-corrected chi connectivity index (χ3v) is 2.84. The molecule has 0 bridgehead atoms. The summed E-state index contributed by atoms with van der Waals surface area (Å²) in [7, 11) is 0. The van der Waals surface area contributed by atoms with Crippen molar-refractivity contribution in [2.45, 2.75) is 45.8 Å². The van der Waals surface area contributed by atoms with Gasteiger partial charge in [-0.25, -0.2) is 0 Å². The molecule has 4 nitrogen and oxygen atoms in total. The van der Waals surface area contributed by atoms with Gasteiger partial charge in [0.1, 0.15) is 0 Å². The summed E-state index contributed by atoms with van der Waals surface area (Å²) in [4.78, 5) is 11.8. The van der Waals surface area contributed by atoms with Crippen LogP contribution in [-0.2, 0) is 9.53 Å². The van der Waals surface area contributed by atoms with Crippen molar-refractivity contribution >= 4 is 5.91 Å². The summed E-state index contributed by atoms with van der Waals surface area (Å²) >= 11 is 0. The summed E-state index contributed by atoms with van der Waals surface area (Å²) in [6, 6.07) is 0.107. The molecular formula is C12H24N2O2. The van der Waals surface area contributed by atoms with Crippen LogP contribution in [-0.4, -0.2) is 31.2 Å². The number of carbonyl (C=O) groups is 1. The molecule has 4 heteroatoms. The minimum absolute atomic E-state index is 0.0566. The summed E-state index contributed by atoms with van der Waals surface area (Å²) in [5.41, 5.74) is 5.64. The van der Waals surface area contributed by atoms with Gasteiger partial charge in [0, 0.05) is 19.2 Å². The van der Waals surface area contributed by atoms with Gasteiger partial charge in [0.25, 0.3) is 0 Å². The Morgan fingerprint density at radius 2 is 2.25 bits per heavy atom. The van der Waals surface area contributed by atoms with Crippen LogP contribution in [0.1, 0.15) is 33.6 Å². The highest BCUT2D eigenvalue weighted by molar-refractivity contribution is 5.82. The van der Waals surface area contributed by atoms with Gasteiger partial charge >= 0.3 is 0 Å². The van der Waals surface area contributed by atoms with Crippen molar-refractivity contribution in [3.63, 3.8) is 0 Å². The maximum atomic E-state index is 11.8. The monoisotopic (exact) mass is 228 g/mol. The van der Waals surface area contributed by atoms with Gasteiger partial charge in [0.2, 0.25) is 5.91 Å². The highest BCUT2D eigenvalue weighted by Crippen LogP contribution is 2.33. The average molecular weight is 228 g/mol. The van der Waals surface area contributed by atoms with Crippen LogP contribution < -0.4 is 11.1 Å². The predicted molar refractivity (Wildman–Crippen MR) is 64.0 cm³/mol. The molecule has 1 fully saturated rings. The number of nitrogens with one attached hydrogen (secondary N) is 1. The van der Waals surface area contributed by atoms with Crippen LogP contribution in [0.5, 0.6) is 0 Å². The Balaban J connectivity index is 2.27. The molecule has 0 spiro atoms. The van der Waals surface area contributed by atoms with Crippen LogP contribution in [0.2, 0.25) is 0 Å². The van der Waals surface area contributed by atoms with E-state index in [0.717, 1.165) is 12.8 Å². The average Bonchev–Trinajstić information content (AvgIpc) is 2.96. The lowest BCUT2D eigenvalue weighted by Gasteiger charge is -2.18. The number of carbonyl (C=O) groups excluding carboxylic acids is 1. The number of hydrogen-bond acceptors (Lipinski definition) is 3. The van der Waals surface area contributed by atoms with Crippen LogP contribution in [0.25, 0.3) is 0 Å². The van der Waals surface area contributed by atoms with Gasteiger partial charge in [-0.2, -0.15) is 0 Å². The van der Waals surface area contributed by atoms with Crippen LogP contribution >= 0.6 is 0 Å². The van der Waals surface area contributed by atoms with E-state index in [1.165, 1.54) is 0 Å². The highest BCUT2D eigenvalue weighted by atomic mass is 16.5. The topological polar surface area (TPSA) is 64.3 Å². The van der Waals surface area contributed by atoms with E-state index >= 15 is 0 Å². The molecule has 0 aromatic carbocycles. The Morgan fingerprint density at radius 3 is 2.75 bits per heavy atom. The number of nitrogens with two attached hydrogens (primary N) is 1. The van der Waals surface area contributed by atoms with E-state index in [9.17, 15) is 4.79 Å². The Morgan fingerprint density at radius 1 is 1.56 bits per heavy atom. The van der Waals surface area contributed by atoms with Crippen molar-refractivity contribution in [1.82, 2.24) is 5.32 Å². The summed E-state index contributed by atoms with van der Waals surface area (Å²) in [6.07, 6.45) is 1.94. The normalized spacial score (nSPS) is 25.6. The van der Waals surface area contributed by atoms with Gasteiger partial charge in [0.15, 0.2) is 0 Å². The molecule has 3 N–H and O–H groups in total. The molecule has 1 rings (SSSR count). The molecular weight excluding hydrogens is 204 g/mol. The molecule has 3 unspecified atom stereocenters. The lowest BCUT2D eigenvalue weighted by molar-refractivity contribution is -0.124. The minimum Gasteiger partial charge on any atom is -0.378 e. The van der Waals surface area contributed by atoms with Crippen LogP contribution in [0.15, 0.2) is 0 Å². The van der Waals surface area contributed by atoms with E-state index in [1.54, 1.807) is 0 Å². The summed E-state index contributed by atoms with van der Waals surface area (Å²) in [5.74, 6) is 0.714. The standard InChI is InChI=1S/C12H24N2O2/c1-4-16-11-6-10(11)12(15)14-9(7-13)5-8(2)3/h8-11H,4-7,13H2,1-3H3,(H,14,15). The lowest BCUT2D eigenvalue weighted by atomic mass is 10.0. The van der Waals surface area contributed by atoms with Crippen LogP contribution in [0.4, 0.5) is 0 Å². The zero-order chi connectivity index (χ0) is 12.1. The summed E-state index contributed by atoms with van der Waals surface area (Å²) in [6.45, 7) is 7.41. The minimum atomic E-state index is 0.0566. The van der Waals surface area contributed by atoms with E-state index in [4.69, 9.17) is 10.5 Å². The van der Waals surface area contributed by atoms with Crippen molar-refractivity contribution in [3.05, 3.63) is 0 Å². The van der Waals surface area contributed by atoms with Gasteiger partial charge in [-0.3, -0.25) is 4.79 Å². The van der Waals surface area contributed by atoms with Crippen LogP contribution in [0, 0.1) is 11.8 Å². The molecule has 94 valence electrons. The SMILES string of the molecule is CCOC1CC1C(=O)NC(CN)CC(C)C. The maximum Gasteiger partial charge on any atom is 0.226 e. The van der Waals surface area contributed by atoms with E-state index in [2.05, 4.69) is 19.2 Å². The first-order valence-corrected chi connectivity index (χ1v) is 6.20. The molecule has 1 aliphatic rings. The smallest absolute Gasteiger partial charge is 0.226 e.